The van der Waals surface area contributed by atoms with Crippen LogP contribution in [0.2, 0.25) is 0 Å². The molecule has 2 atom stereocenters. The molecule has 1 saturated heterocycles. The van der Waals surface area contributed by atoms with Crippen LogP contribution in [0, 0.1) is 5.41 Å². The first kappa shape index (κ1) is 8.85. The lowest BCUT2D eigenvalue weighted by molar-refractivity contribution is -0.119. The Morgan fingerprint density at radius 1 is 1.55 bits per heavy atom. The molecule has 11 heavy (non-hydrogen) atoms. The van der Waals surface area contributed by atoms with Gasteiger partial charge in [-0.15, -0.1) is 11.6 Å². The average molecular weight is 176 g/mol. The molecule has 1 rings (SSSR count). The van der Waals surface area contributed by atoms with Gasteiger partial charge in [-0.1, -0.05) is 20.8 Å². The molecule has 0 aromatic heterocycles. The van der Waals surface area contributed by atoms with Gasteiger partial charge < -0.3 is 5.32 Å². The highest BCUT2D eigenvalue weighted by Gasteiger charge is 2.36. The molecule has 0 spiro atoms. The molecule has 64 valence electrons. The first-order valence-electron chi connectivity index (χ1n) is 3.85. The van der Waals surface area contributed by atoms with E-state index in [9.17, 15) is 4.79 Å². The summed E-state index contributed by atoms with van der Waals surface area (Å²) in [5.74, 6) is -0.0217. The van der Waals surface area contributed by atoms with Gasteiger partial charge in [-0.25, -0.2) is 0 Å². The summed E-state index contributed by atoms with van der Waals surface area (Å²) in [7, 11) is 0. The highest BCUT2D eigenvalue weighted by molar-refractivity contribution is 6.31. The van der Waals surface area contributed by atoms with Crippen molar-refractivity contribution in [3.63, 3.8) is 0 Å². The summed E-state index contributed by atoms with van der Waals surface area (Å²) >= 11 is 5.75. The SMILES string of the molecule is CC(C)(C)[C@@H]1C[C@H](Cl)C(=O)N1. The summed E-state index contributed by atoms with van der Waals surface area (Å²) in [6.07, 6.45) is 0.754. The largest absolute Gasteiger partial charge is 0.351 e. The Hall–Kier alpha value is -0.240. The van der Waals surface area contributed by atoms with Crippen molar-refractivity contribution < 1.29 is 4.79 Å². The maximum Gasteiger partial charge on any atom is 0.238 e. The number of carbonyl (C=O) groups is 1. The number of amides is 1. The van der Waals surface area contributed by atoms with Crippen molar-refractivity contribution >= 4 is 17.5 Å². The summed E-state index contributed by atoms with van der Waals surface area (Å²) < 4.78 is 0. The van der Waals surface area contributed by atoms with Gasteiger partial charge in [-0.2, -0.15) is 0 Å². The molecule has 0 unspecified atom stereocenters. The van der Waals surface area contributed by atoms with Crippen molar-refractivity contribution in [1.82, 2.24) is 5.32 Å². The van der Waals surface area contributed by atoms with Gasteiger partial charge in [0.15, 0.2) is 0 Å². The first-order valence-corrected chi connectivity index (χ1v) is 4.29. The maximum absolute atomic E-state index is 11.0. The first-order chi connectivity index (χ1) is 4.91. The van der Waals surface area contributed by atoms with E-state index in [1.165, 1.54) is 0 Å². The van der Waals surface area contributed by atoms with E-state index in [0.29, 0.717) is 0 Å². The molecular weight excluding hydrogens is 162 g/mol. The Balaban J connectivity index is 2.61. The second-order valence-corrected chi connectivity index (χ2v) is 4.66. The smallest absolute Gasteiger partial charge is 0.238 e. The van der Waals surface area contributed by atoms with Gasteiger partial charge >= 0.3 is 0 Å². The van der Waals surface area contributed by atoms with Crippen molar-refractivity contribution in [3.05, 3.63) is 0 Å². The van der Waals surface area contributed by atoms with Crippen LogP contribution in [0.3, 0.4) is 0 Å². The van der Waals surface area contributed by atoms with E-state index in [1.54, 1.807) is 0 Å². The quantitative estimate of drug-likeness (QED) is 0.556. The molecule has 2 nitrogen and oxygen atoms in total. The molecule has 1 amide bonds. The standard InChI is InChI=1S/C8H14ClNO/c1-8(2,3)6-4-5(9)7(11)10-6/h5-6H,4H2,1-3H3,(H,10,11)/t5-,6-/m0/s1. The highest BCUT2D eigenvalue weighted by Crippen LogP contribution is 2.28. The third-order valence-corrected chi connectivity index (χ3v) is 2.47. The minimum absolute atomic E-state index is 0.0217. The number of hydrogen-bond donors (Lipinski definition) is 1. The van der Waals surface area contributed by atoms with Crippen LogP contribution < -0.4 is 5.32 Å². The van der Waals surface area contributed by atoms with E-state index in [1.807, 2.05) is 0 Å². The van der Waals surface area contributed by atoms with E-state index < -0.39 is 0 Å². The Morgan fingerprint density at radius 3 is 2.27 bits per heavy atom. The van der Waals surface area contributed by atoms with Gasteiger partial charge in [0.2, 0.25) is 5.91 Å². The number of rotatable bonds is 0. The topological polar surface area (TPSA) is 29.1 Å². The van der Waals surface area contributed by atoms with Gasteiger partial charge in [0.25, 0.3) is 0 Å². The lowest BCUT2D eigenvalue weighted by Gasteiger charge is -2.26. The lowest BCUT2D eigenvalue weighted by Crippen LogP contribution is -2.36. The van der Waals surface area contributed by atoms with E-state index in [-0.39, 0.29) is 22.7 Å². The molecule has 1 aliphatic heterocycles. The summed E-state index contributed by atoms with van der Waals surface area (Å²) in [5, 5.41) is 2.55. The van der Waals surface area contributed by atoms with Gasteiger partial charge in [-0.3, -0.25) is 4.79 Å². The fourth-order valence-corrected chi connectivity index (χ4v) is 1.45. The Kier molecular flexibility index (Phi) is 2.15. The van der Waals surface area contributed by atoms with Crippen molar-refractivity contribution in [3.8, 4) is 0 Å². The fourth-order valence-electron chi connectivity index (χ4n) is 1.21. The van der Waals surface area contributed by atoms with Crippen LogP contribution in [0.5, 0.6) is 0 Å². The minimum atomic E-state index is -0.320. The molecule has 1 fully saturated rings. The molecule has 1 heterocycles. The summed E-state index contributed by atoms with van der Waals surface area (Å²) in [5.41, 5.74) is 0.124. The van der Waals surface area contributed by atoms with Crippen molar-refractivity contribution in [1.29, 1.82) is 0 Å². The summed E-state index contributed by atoms with van der Waals surface area (Å²) in [6, 6.07) is 0.234. The monoisotopic (exact) mass is 175 g/mol. The second kappa shape index (κ2) is 2.67. The summed E-state index contributed by atoms with van der Waals surface area (Å²) in [6.45, 7) is 6.31. The van der Waals surface area contributed by atoms with Crippen LogP contribution in [0.1, 0.15) is 27.2 Å². The Morgan fingerprint density at radius 2 is 2.09 bits per heavy atom. The molecular formula is C8H14ClNO. The third kappa shape index (κ3) is 1.86. The fraction of sp³-hybridized carbons (Fsp3) is 0.875. The molecule has 1 N–H and O–H groups in total. The second-order valence-electron chi connectivity index (χ2n) is 4.13. The number of hydrogen-bond acceptors (Lipinski definition) is 1. The zero-order valence-electron chi connectivity index (χ0n) is 7.15. The van der Waals surface area contributed by atoms with E-state index >= 15 is 0 Å². The molecule has 0 aromatic rings. The molecule has 0 radical (unpaired) electrons. The highest BCUT2D eigenvalue weighted by atomic mass is 35.5. The van der Waals surface area contributed by atoms with Crippen LogP contribution in [-0.2, 0) is 4.79 Å². The van der Waals surface area contributed by atoms with E-state index in [0.717, 1.165) is 6.42 Å². The minimum Gasteiger partial charge on any atom is -0.351 e. The molecule has 0 aliphatic carbocycles. The zero-order chi connectivity index (χ0) is 8.65. The molecule has 0 saturated carbocycles. The molecule has 3 heteroatoms. The van der Waals surface area contributed by atoms with Gasteiger partial charge in [0, 0.05) is 6.04 Å². The van der Waals surface area contributed by atoms with Crippen LogP contribution >= 0.6 is 11.6 Å². The molecule has 0 aromatic carbocycles. The normalized spacial score (nSPS) is 32.2. The number of nitrogens with one attached hydrogen (secondary N) is 1. The molecule has 1 aliphatic rings. The van der Waals surface area contributed by atoms with Gasteiger partial charge in [0.05, 0.1) is 0 Å². The van der Waals surface area contributed by atoms with Crippen molar-refractivity contribution in [2.45, 2.75) is 38.6 Å². The Labute approximate surface area is 72.3 Å². The molecule has 0 bridgehead atoms. The Bertz CT molecular complexity index is 173. The van der Waals surface area contributed by atoms with Crippen molar-refractivity contribution in [2.75, 3.05) is 0 Å². The van der Waals surface area contributed by atoms with Crippen LogP contribution in [-0.4, -0.2) is 17.3 Å². The van der Waals surface area contributed by atoms with E-state index in [2.05, 4.69) is 26.1 Å². The number of alkyl halides is 1. The van der Waals surface area contributed by atoms with Gasteiger partial charge in [0.1, 0.15) is 5.38 Å². The maximum atomic E-state index is 11.0. The van der Waals surface area contributed by atoms with Crippen molar-refractivity contribution in [2.24, 2.45) is 5.41 Å². The average Bonchev–Trinajstić information content (AvgIpc) is 2.11. The van der Waals surface area contributed by atoms with Crippen LogP contribution in [0.15, 0.2) is 0 Å². The zero-order valence-corrected chi connectivity index (χ0v) is 7.90. The summed E-state index contributed by atoms with van der Waals surface area (Å²) in [4.78, 5) is 11.0. The predicted molar refractivity (Wildman–Crippen MR) is 45.6 cm³/mol. The van der Waals surface area contributed by atoms with Gasteiger partial charge in [-0.05, 0) is 11.8 Å². The number of halogens is 1. The third-order valence-electron chi connectivity index (χ3n) is 2.09. The van der Waals surface area contributed by atoms with Crippen LogP contribution in [0.25, 0.3) is 0 Å². The lowest BCUT2D eigenvalue weighted by atomic mass is 9.86. The predicted octanol–water partition coefficient (Wildman–Crippen LogP) is 1.53. The van der Waals surface area contributed by atoms with E-state index in [4.69, 9.17) is 11.6 Å². The van der Waals surface area contributed by atoms with Crippen LogP contribution in [0.4, 0.5) is 0 Å². The number of carbonyl (C=O) groups excluding carboxylic acids is 1.